The van der Waals surface area contributed by atoms with E-state index in [2.05, 4.69) is 10.4 Å². The van der Waals surface area contributed by atoms with E-state index in [-0.39, 0.29) is 18.5 Å². The van der Waals surface area contributed by atoms with Gasteiger partial charge in [-0.1, -0.05) is 0 Å². The van der Waals surface area contributed by atoms with Gasteiger partial charge in [0.2, 0.25) is 0 Å². The van der Waals surface area contributed by atoms with Crippen LogP contribution in [0.25, 0.3) is 0 Å². The van der Waals surface area contributed by atoms with Crippen LogP contribution in [0.15, 0.2) is 30.6 Å². The quantitative estimate of drug-likeness (QED) is 0.871. The molecule has 0 aliphatic rings. The molecule has 1 aromatic carbocycles. The molecule has 0 aliphatic heterocycles. The zero-order chi connectivity index (χ0) is 13.1. The lowest BCUT2D eigenvalue weighted by Gasteiger charge is -2.16. The van der Waals surface area contributed by atoms with Crippen LogP contribution < -0.4 is 5.32 Å². The number of hydrogen-bond acceptors (Lipinski definition) is 3. The van der Waals surface area contributed by atoms with E-state index in [0.29, 0.717) is 5.69 Å². The van der Waals surface area contributed by atoms with Crippen molar-refractivity contribution in [1.82, 2.24) is 9.78 Å². The number of aromatic nitrogens is 2. The van der Waals surface area contributed by atoms with Gasteiger partial charge in [0.25, 0.3) is 0 Å². The number of anilines is 1. The molecule has 0 fully saturated rings. The van der Waals surface area contributed by atoms with Crippen LogP contribution in [0.4, 0.5) is 10.1 Å². The average Bonchev–Trinajstić information content (AvgIpc) is 2.71. The van der Waals surface area contributed by atoms with Gasteiger partial charge in [0, 0.05) is 24.5 Å². The number of aliphatic hydroxyl groups excluding tert-OH is 1. The lowest BCUT2D eigenvalue weighted by molar-refractivity contribution is 0.276. The fourth-order valence-corrected chi connectivity index (χ4v) is 1.88. The maximum atomic E-state index is 13.3. The summed E-state index contributed by atoms with van der Waals surface area (Å²) in [7, 11) is 1.81. The molecule has 2 N–H and O–H groups in total. The molecule has 18 heavy (non-hydrogen) atoms. The van der Waals surface area contributed by atoms with Crippen LogP contribution in [0.1, 0.15) is 17.2 Å². The Morgan fingerprint density at radius 1 is 1.44 bits per heavy atom. The molecule has 1 atom stereocenters. The lowest BCUT2D eigenvalue weighted by atomic mass is 10.1. The van der Waals surface area contributed by atoms with Crippen LogP contribution in [0.2, 0.25) is 0 Å². The first-order chi connectivity index (χ1) is 8.58. The molecule has 0 spiro atoms. The van der Waals surface area contributed by atoms with Crippen molar-refractivity contribution >= 4 is 5.69 Å². The van der Waals surface area contributed by atoms with E-state index < -0.39 is 0 Å². The Hall–Kier alpha value is -1.88. The average molecular weight is 249 g/mol. The van der Waals surface area contributed by atoms with E-state index in [4.69, 9.17) is 0 Å². The van der Waals surface area contributed by atoms with Gasteiger partial charge in [0.1, 0.15) is 5.82 Å². The van der Waals surface area contributed by atoms with Crippen LogP contribution in [-0.4, -0.2) is 21.5 Å². The summed E-state index contributed by atoms with van der Waals surface area (Å²) in [5.41, 5.74) is 2.35. The molecule has 96 valence electrons. The fourth-order valence-electron chi connectivity index (χ4n) is 1.88. The molecular weight excluding hydrogens is 233 g/mol. The Bertz CT molecular complexity index is 519. The minimum Gasteiger partial charge on any atom is -0.394 e. The Balaban J connectivity index is 2.20. The normalized spacial score (nSPS) is 12.4. The van der Waals surface area contributed by atoms with Crippen molar-refractivity contribution in [1.29, 1.82) is 0 Å². The van der Waals surface area contributed by atoms with E-state index in [0.717, 1.165) is 11.1 Å². The van der Waals surface area contributed by atoms with Crippen molar-refractivity contribution in [2.45, 2.75) is 13.0 Å². The summed E-state index contributed by atoms with van der Waals surface area (Å²) in [6.45, 7) is 1.74. The highest BCUT2D eigenvalue weighted by Crippen LogP contribution is 2.20. The summed E-state index contributed by atoms with van der Waals surface area (Å²) in [5.74, 6) is -0.291. The predicted octanol–water partition coefficient (Wildman–Crippen LogP) is 2.01. The standard InChI is InChI=1S/C13H16FN3O/c1-9-3-11(14)5-12(4-9)16-13(8-18)10-6-15-17(2)7-10/h3-7,13,16,18H,8H2,1-2H3. The number of benzene rings is 1. The van der Waals surface area contributed by atoms with Crippen molar-refractivity contribution < 1.29 is 9.50 Å². The van der Waals surface area contributed by atoms with E-state index in [1.54, 1.807) is 10.9 Å². The minimum atomic E-state index is -0.292. The number of nitrogens with one attached hydrogen (secondary N) is 1. The van der Waals surface area contributed by atoms with Gasteiger partial charge in [-0.15, -0.1) is 0 Å². The van der Waals surface area contributed by atoms with E-state index in [1.807, 2.05) is 26.2 Å². The zero-order valence-electron chi connectivity index (χ0n) is 10.4. The Labute approximate surface area is 105 Å². The molecule has 1 unspecified atom stereocenters. The van der Waals surface area contributed by atoms with Crippen LogP contribution in [0, 0.1) is 12.7 Å². The number of nitrogens with zero attached hydrogens (tertiary/aromatic N) is 2. The third-order valence-electron chi connectivity index (χ3n) is 2.69. The number of aliphatic hydroxyl groups is 1. The predicted molar refractivity (Wildman–Crippen MR) is 67.8 cm³/mol. The highest BCUT2D eigenvalue weighted by atomic mass is 19.1. The lowest BCUT2D eigenvalue weighted by Crippen LogP contribution is -2.14. The second-order valence-corrected chi connectivity index (χ2v) is 4.34. The first-order valence-corrected chi connectivity index (χ1v) is 5.71. The van der Waals surface area contributed by atoms with E-state index in [9.17, 15) is 9.50 Å². The van der Waals surface area contributed by atoms with Gasteiger partial charge in [-0.3, -0.25) is 4.68 Å². The summed E-state index contributed by atoms with van der Waals surface area (Å²) >= 11 is 0. The van der Waals surface area contributed by atoms with Crippen LogP contribution in [0.3, 0.4) is 0 Å². The summed E-state index contributed by atoms with van der Waals surface area (Å²) in [5, 5.41) is 16.5. The number of aryl methyl sites for hydroxylation is 2. The molecule has 5 heteroatoms. The van der Waals surface area contributed by atoms with Crippen LogP contribution in [0.5, 0.6) is 0 Å². The maximum absolute atomic E-state index is 13.3. The first kappa shape index (κ1) is 12.6. The minimum absolute atomic E-state index is 0.0821. The highest BCUT2D eigenvalue weighted by molar-refractivity contribution is 5.47. The molecule has 0 amide bonds. The number of hydrogen-bond donors (Lipinski definition) is 2. The Morgan fingerprint density at radius 3 is 2.78 bits per heavy atom. The molecule has 4 nitrogen and oxygen atoms in total. The first-order valence-electron chi connectivity index (χ1n) is 5.71. The zero-order valence-corrected chi connectivity index (χ0v) is 10.4. The molecule has 0 radical (unpaired) electrons. The monoisotopic (exact) mass is 249 g/mol. The van der Waals surface area contributed by atoms with Gasteiger partial charge in [-0.2, -0.15) is 5.10 Å². The van der Waals surface area contributed by atoms with Crippen molar-refractivity contribution in [3.8, 4) is 0 Å². The summed E-state index contributed by atoms with van der Waals surface area (Å²) in [6, 6.07) is 4.41. The summed E-state index contributed by atoms with van der Waals surface area (Å²) < 4.78 is 14.9. The topological polar surface area (TPSA) is 50.1 Å². The highest BCUT2D eigenvalue weighted by Gasteiger charge is 2.12. The van der Waals surface area contributed by atoms with Gasteiger partial charge in [-0.25, -0.2) is 4.39 Å². The molecule has 1 aromatic heterocycles. The number of halogens is 1. The third-order valence-corrected chi connectivity index (χ3v) is 2.69. The van der Waals surface area contributed by atoms with Crippen molar-refractivity contribution in [3.63, 3.8) is 0 Å². The SMILES string of the molecule is Cc1cc(F)cc(NC(CO)c2cnn(C)c2)c1. The molecular formula is C13H16FN3O. The van der Waals surface area contributed by atoms with Crippen molar-refractivity contribution in [2.24, 2.45) is 7.05 Å². The Kier molecular flexibility index (Phi) is 3.62. The second-order valence-electron chi connectivity index (χ2n) is 4.34. The van der Waals surface area contributed by atoms with E-state index >= 15 is 0 Å². The molecule has 1 heterocycles. The van der Waals surface area contributed by atoms with E-state index in [1.165, 1.54) is 12.1 Å². The van der Waals surface area contributed by atoms with Crippen molar-refractivity contribution in [3.05, 3.63) is 47.5 Å². The molecule has 0 saturated heterocycles. The van der Waals surface area contributed by atoms with Crippen LogP contribution >= 0.6 is 0 Å². The molecule has 0 saturated carbocycles. The van der Waals surface area contributed by atoms with Gasteiger partial charge < -0.3 is 10.4 Å². The fraction of sp³-hybridized carbons (Fsp3) is 0.308. The second kappa shape index (κ2) is 5.18. The third kappa shape index (κ3) is 2.87. The number of rotatable bonds is 4. The van der Waals surface area contributed by atoms with Gasteiger partial charge in [0.15, 0.2) is 0 Å². The summed E-state index contributed by atoms with van der Waals surface area (Å²) in [6.07, 6.45) is 3.50. The smallest absolute Gasteiger partial charge is 0.125 e. The van der Waals surface area contributed by atoms with Gasteiger partial charge in [-0.05, 0) is 30.7 Å². The molecule has 0 bridgehead atoms. The van der Waals surface area contributed by atoms with Crippen LogP contribution in [-0.2, 0) is 7.05 Å². The largest absolute Gasteiger partial charge is 0.394 e. The van der Waals surface area contributed by atoms with Gasteiger partial charge >= 0.3 is 0 Å². The van der Waals surface area contributed by atoms with Gasteiger partial charge in [0.05, 0.1) is 18.8 Å². The molecule has 0 aliphatic carbocycles. The summed E-state index contributed by atoms with van der Waals surface area (Å²) in [4.78, 5) is 0. The van der Waals surface area contributed by atoms with Crippen molar-refractivity contribution in [2.75, 3.05) is 11.9 Å². The Morgan fingerprint density at radius 2 is 2.22 bits per heavy atom. The maximum Gasteiger partial charge on any atom is 0.125 e. The molecule has 2 aromatic rings. The molecule has 2 rings (SSSR count).